The summed E-state index contributed by atoms with van der Waals surface area (Å²) in [5.41, 5.74) is 6.95. The number of phenolic OH excluding ortho intramolecular Hbond substituents is 2. The lowest BCUT2D eigenvalue weighted by Gasteiger charge is -2.34. The van der Waals surface area contributed by atoms with Crippen molar-refractivity contribution in [3.8, 4) is 11.5 Å². The van der Waals surface area contributed by atoms with Gasteiger partial charge in [0.05, 0.1) is 0 Å². The summed E-state index contributed by atoms with van der Waals surface area (Å²) >= 11 is 0. The molecule has 0 saturated heterocycles. The van der Waals surface area contributed by atoms with Crippen molar-refractivity contribution in [2.75, 3.05) is 0 Å². The molecule has 1 atom stereocenters. The summed E-state index contributed by atoms with van der Waals surface area (Å²) < 4.78 is 0. The summed E-state index contributed by atoms with van der Waals surface area (Å²) in [4.78, 5) is 0. The highest BCUT2D eigenvalue weighted by atomic mass is 16.3. The first kappa shape index (κ1) is 24.4. The van der Waals surface area contributed by atoms with Crippen LogP contribution in [0.1, 0.15) is 113 Å². The lowest BCUT2D eigenvalue weighted by Crippen LogP contribution is -2.20. The Bertz CT molecular complexity index is 971. The number of hydrogen-bond donors (Lipinski definition) is 2. The van der Waals surface area contributed by atoms with Gasteiger partial charge in [0, 0.05) is 22.6 Å². The highest BCUT2D eigenvalue weighted by molar-refractivity contribution is 5.70. The van der Waals surface area contributed by atoms with Crippen molar-refractivity contribution in [3.63, 3.8) is 0 Å². The molecule has 0 heterocycles. The number of allylic oxidation sites excluding steroid dienone is 1. The van der Waals surface area contributed by atoms with Crippen LogP contribution in [-0.2, 0) is 18.3 Å². The van der Waals surface area contributed by atoms with Crippen LogP contribution in [0.5, 0.6) is 11.5 Å². The van der Waals surface area contributed by atoms with E-state index in [9.17, 15) is 10.2 Å². The quantitative estimate of drug-likeness (QED) is 0.480. The maximum absolute atomic E-state index is 11.6. The van der Waals surface area contributed by atoms with Gasteiger partial charge < -0.3 is 10.2 Å². The zero-order chi connectivity index (χ0) is 23.6. The molecule has 2 aromatic carbocycles. The molecule has 174 valence electrons. The zero-order valence-electron chi connectivity index (χ0n) is 21.0. The fraction of sp³-hybridized carbons (Fsp3) is 0.533. The van der Waals surface area contributed by atoms with Crippen LogP contribution in [0.15, 0.2) is 30.8 Å². The molecule has 32 heavy (non-hydrogen) atoms. The molecule has 2 nitrogen and oxygen atoms in total. The van der Waals surface area contributed by atoms with Gasteiger partial charge in [0.15, 0.2) is 0 Å². The summed E-state index contributed by atoms with van der Waals surface area (Å²) in [5, 5.41) is 23.0. The second kappa shape index (κ2) is 9.73. The molecule has 1 aliphatic carbocycles. The Hall–Kier alpha value is -2.22. The van der Waals surface area contributed by atoms with Gasteiger partial charge in [0.2, 0.25) is 0 Å². The molecule has 3 rings (SSSR count). The number of rotatable bonds is 6. The van der Waals surface area contributed by atoms with Crippen LogP contribution in [0.4, 0.5) is 0 Å². The van der Waals surface area contributed by atoms with E-state index in [1.54, 1.807) is 0 Å². The van der Waals surface area contributed by atoms with Crippen LogP contribution in [0, 0.1) is 5.92 Å². The van der Waals surface area contributed by atoms with E-state index in [0.29, 0.717) is 17.4 Å². The van der Waals surface area contributed by atoms with Crippen LogP contribution in [-0.4, -0.2) is 10.2 Å². The topological polar surface area (TPSA) is 40.5 Å². The summed E-state index contributed by atoms with van der Waals surface area (Å²) in [6, 6.07) is 8.61. The van der Waals surface area contributed by atoms with Gasteiger partial charge in [0.25, 0.3) is 0 Å². The number of aromatic hydroxyl groups is 2. The maximum atomic E-state index is 11.6. The second-order valence-corrected chi connectivity index (χ2v) is 10.8. The van der Waals surface area contributed by atoms with E-state index < -0.39 is 0 Å². The summed E-state index contributed by atoms with van der Waals surface area (Å²) in [5.74, 6) is 1.13. The lowest BCUT2D eigenvalue weighted by molar-refractivity contribution is 0.315. The van der Waals surface area contributed by atoms with Gasteiger partial charge in [-0.3, -0.25) is 0 Å². The fourth-order valence-corrected chi connectivity index (χ4v) is 5.36. The molecular formula is C30H42O2. The van der Waals surface area contributed by atoms with Gasteiger partial charge >= 0.3 is 0 Å². The largest absolute Gasteiger partial charge is 0.507 e. The number of phenols is 2. The molecule has 1 unspecified atom stereocenters. The fourth-order valence-electron chi connectivity index (χ4n) is 5.36. The van der Waals surface area contributed by atoms with E-state index >= 15 is 0 Å². The van der Waals surface area contributed by atoms with E-state index in [2.05, 4.69) is 65.5 Å². The summed E-state index contributed by atoms with van der Waals surface area (Å²) in [7, 11) is 0. The highest BCUT2D eigenvalue weighted by Gasteiger charge is 2.33. The van der Waals surface area contributed by atoms with Gasteiger partial charge in [-0.05, 0) is 72.3 Å². The number of aryl methyl sites for hydroxylation is 2. The average Bonchev–Trinajstić information content (AvgIpc) is 2.75. The zero-order valence-corrected chi connectivity index (χ0v) is 21.0. The lowest BCUT2D eigenvalue weighted by atomic mass is 9.70. The van der Waals surface area contributed by atoms with Crippen molar-refractivity contribution in [3.05, 3.63) is 64.2 Å². The van der Waals surface area contributed by atoms with Crippen molar-refractivity contribution in [2.24, 2.45) is 5.92 Å². The first-order valence-electron chi connectivity index (χ1n) is 12.5. The summed E-state index contributed by atoms with van der Waals surface area (Å²) in [6.45, 7) is 16.9. The first-order chi connectivity index (χ1) is 15.1. The first-order valence-corrected chi connectivity index (χ1v) is 12.5. The molecule has 0 spiro atoms. The van der Waals surface area contributed by atoms with E-state index in [1.165, 1.54) is 30.4 Å². The molecule has 1 aliphatic rings. The van der Waals surface area contributed by atoms with E-state index in [4.69, 9.17) is 0 Å². The Kier molecular flexibility index (Phi) is 7.43. The monoisotopic (exact) mass is 434 g/mol. The van der Waals surface area contributed by atoms with Crippen LogP contribution in [0.2, 0.25) is 0 Å². The van der Waals surface area contributed by atoms with Crippen molar-refractivity contribution >= 4 is 5.57 Å². The molecule has 1 fully saturated rings. The second-order valence-electron chi connectivity index (χ2n) is 10.8. The van der Waals surface area contributed by atoms with Crippen LogP contribution in [0.25, 0.3) is 5.57 Å². The Morgan fingerprint density at radius 3 is 1.94 bits per heavy atom. The molecule has 0 amide bonds. The van der Waals surface area contributed by atoms with E-state index in [1.807, 2.05) is 6.92 Å². The van der Waals surface area contributed by atoms with Crippen LogP contribution < -0.4 is 0 Å². The highest BCUT2D eigenvalue weighted by Crippen LogP contribution is 2.49. The van der Waals surface area contributed by atoms with Gasteiger partial charge in [-0.15, -0.1) is 0 Å². The summed E-state index contributed by atoms with van der Waals surface area (Å²) in [6.07, 6.45) is 7.78. The van der Waals surface area contributed by atoms with Crippen molar-refractivity contribution < 1.29 is 10.2 Å². The SMILES string of the molecule is C=C(C)c1cc(CC)cc(C(c2cc(CC)cc(C(C)(C)C)c2O)C2CCCCC2)c1O. The molecule has 1 saturated carbocycles. The van der Waals surface area contributed by atoms with Crippen molar-refractivity contribution in [1.29, 1.82) is 0 Å². The van der Waals surface area contributed by atoms with Crippen LogP contribution >= 0.6 is 0 Å². The molecule has 2 heteroatoms. The predicted octanol–water partition coefficient (Wildman–Crippen LogP) is 8.27. The molecule has 0 aliphatic heterocycles. The van der Waals surface area contributed by atoms with Gasteiger partial charge in [-0.25, -0.2) is 0 Å². The molecule has 0 aromatic heterocycles. The molecule has 2 N–H and O–H groups in total. The molecule has 0 radical (unpaired) electrons. The number of benzene rings is 2. The van der Waals surface area contributed by atoms with Gasteiger partial charge in [-0.2, -0.15) is 0 Å². The smallest absolute Gasteiger partial charge is 0.126 e. The van der Waals surface area contributed by atoms with Crippen LogP contribution in [0.3, 0.4) is 0 Å². The third-order valence-electron chi connectivity index (χ3n) is 7.27. The van der Waals surface area contributed by atoms with E-state index in [0.717, 1.165) is 53.5 Å². The maximum Gasteiger partial charge on any atom is 0.126 e. The average molecular weight is 435 g/mol. The Labute approximate surface area is 195 Å². The normalized spacial score (nSPS) is 16.2. The Morgan fingerprint density at radius 2 is 1.44 bits per heavy atom. The molecular weight excluding hydrogens is 392 g/mol. The van der Waals surface area contributed by atoms with Crippen molar-refractivity contribution in [1.82, 2.24) is 0 Å². The standard InChI is InChI=1S/C30H42O2/c1-8-20-15-23(19(3)4)28(31)24(16-20)27(22-13-11-10-12-14-22)25-17-21(9-2)18-26(29(25)32)30(5,6)7/h15-18,22,27,31-32H,3,8-14H2,1-2,4-7H3. The minimum absolute atomic E-state index is 0.0208. The minimum atomic E-state index is -0.155. The molecule has 0 bridgehead atoms. The molecule has 2 aromatic rings. The predicted molar refractivity (Wildman–Crippen MR) is 137 cm³/mol. The van der Waals surface area contributed by atoms with Gasteiger partial charge in [-0.1, -0.05) is 78.7 Å². The number of hydrogen-bond acceptors (Lipinski definition) is 2. The Morgan fingerprint density at radius 1 is 0.906 bits per heavy atom. The third kappa shape index (κ3) is 4.90. The van der Waals surface area contributed by atoms with Gasteiger partial charge in [0.1, 0.15) is 11.5 Å². The van der Waals surface area contributed by atoms with E-state index in [-0.39, 0.29) is 11.3 Å². The third-order valence-corrected chi connectivity index (χ3v) is 7.27. The minimum Gasteiger partial charge on any atom is -0.507 e. The Balaban J connectivity index is 2.33. The van der Waals surface area contributed by atoms with Crippen molar-refractivity contribution in [2.45, 2.75) is 97.8 Å².